The SMILES string of the molecule is CCCC(c1ccccc1CC)c1ccccc1CC.Clc1ccc(CNCc2ccc(Cl)cc2)cc1. The topological polar surface area (TPSA) is 12.0 Å². The molecule has 0 aliphatic heterocycles. The van der Waals surface area contributed by atoms with E-state index >= 15 is 0 Å². The second-order valence-corrected chi connectivity index (χ2v) is 10.2. The molecule has 0 unspecified atom stereocenters. The summed E-state index contributed by atoms with van der Waals surface area (Å²) in [5.74, 6) is 0.548. The Morgan fingerprint density at radius 3 is 1.35 bits per heavy atom. The van der Waals surface area contributed by atoms with E-state index < -0.39 is 0 Å². The average Bonchev–Trinajstić information content (AvgIpc) is 2.94. The lowest BCUT2D eigenvalue weighted by Crippen LogP contribution is -2.12. The molecule has 0 saturated carbocycles. The lowest BCUT2D eigenvalue weighted by Gasteiger charge is -2.23. The van der Waals surface area contributed by atoms with Crippen LogP contribution in [0.1, 0.15) is 72.9 Å². The Morgan fingerprint density at radius 2 is 0.973 bits per heavy atom. The molecule has 0 aliphatic carbocycles. The van der Waals surface area contributed by atoms with E-state index in [0.717, 1.165) is 36.0 Å². The Hall–Kier alpha value is -2.58. The highest BCUT2D eigenvalue weighted by Gasteiger charge is 2.18. The molecule has 1 nitrogen and oxygen atoms in total. The third-order valence-electron chi connectivity index (χ3n) is 6.68. The van der Waals surface area contributed by atoms with Gasteiger partial charge >= 0.3 is 0 Å². The fourth-order valence-electron chi connectivity index (χ4n) is 4.72. The van der Waals surface area contributed by atoms with Crippen LogP contribution in [0, 0.1) is 0 Å². The van der Waals surface area contributed by atoms with E-state index in [1.807, 2.05) is 48.5 Å². The average molecular weight is 533 g/mol. The lowest BCUT2D eigenvalue weighted by atomic mass is 9.82. The molecule has 0 aliphatic rings. The number of halogens is 2. The summed E-state index contributed by atoms with van der Waals surface area (Å²) in [4.78, 5) is 0. The van der Waals surface area contributed by atoms with Gasteiger partial charge in [-0.3, -0.25) is 0 Å². The van der Waals surface area contributed by atoms with Gasteiger partial charge in [0.15, 0.2) is 0 Å². The van der Waals surface area contributed by atoms with Crippen LogP contribution in [0.3, 0.4) is 0 Å². The summed E-state index contributed by atoms with van der Waals surface area (Å²) in [5, 5.41) is 4.91. The largest absolute Gasteiger partial charge is 0.309 e. The molecule has 0 bridgehead atoms. The van der Waals surface area contributed by atoms with Crippen LogP contribution in [0.5, 0.6) is 0 Å². The van der Waals surface area contributed by atoms with Gasteiger partial charge in [0.1, 0.15) is 0 Å². The van der Waals surface area contributed by atoms with Gasteiger partial charge in [-0.25, -0.2) is 0 Å². The van der Waals surface area contributed by atoms with Gasteiger partial charge in [-0.05, 0) is 76.9 Å². The molecule has 0 saturated heterocycles. The van der Waals surface area contributed by atoms with Crippen molar-refractivity contribution in [1.29, 1.82) is 0 Å². The van der Waals surface area contributed by atoms with Crippen molar-refractivity contribution in [2.75, 3.05) is 0 Å². The third-order valence-corrected chi connectivity index (χ3v) is 7.19. The van der Waals surface area contributed by atoms with Gasteiger partial charge in [-0.2, -0.15) is 0 Å². The van der Waals surface area contributed by atoms with E-state index in [-0.39, 0.29) is 0 Å². The van der Waals surface area contributed by atoms with Gasteiger partial charge in [0.05, 0.1) is 0 Å². The minimum absolute atomic E-state index is 0.548. The Bertz CT molecular complexity index is 1110. The van der Waals surface area contributed by atoms with Crippen LogP contribution in [0.4, 0.5) is 0 Å². The molecule has 0 fully saturated rings. The van der Waals surface area contributed by atoms with Gasteiger partial charge < -0.3 is 5.32 Å². The lowest BCUT2D eigenvalue weighted by molar-refractivity contribution is 0.685. The van der Waals surface area contributed by atoms with Crippen molar-refractivity contribution in [3.05, 3.63) is 140 Å². The first-order chi connectivity index (χ1) is 18.0. The first-order valence-corrected chi connectivity index (χ1v) is 14.2. The van der Waals surface area contributed by atoms with Crippen molar-refractivity contribution < 1.29 is 0 Å². The number of aryl methyl sites for hydroxylation is 2. The van der Waals surface area contributed by atoms with Crippen molar-refractivity contribution in [1.82, 2.24) is 5.32 Å². The smallest absolute Gasteiger partial charge is 0.0406 e. The van der Waals surface area contributed by atoms with E-state index in [1.165, 1.54) is 46.2 Å². The standard InChI is InChI=1S/C20H26.C14H13Cl2N/c1-4-11-20(18-14-9-7-12-16(18)5-2)19-15-10-8-13-17(19)6-3;15-13-5-1-11(2-6-13)9-17-10-12-3-7-14(16)8-4-12/h7-10,12-15,20H,4-6,11H2,1-3H3;1-8,17H,9-10H2. The van der Waals surface area contributed by atoms with E-state index in [9.17, 15) is 0 Å². The Morgan fingerprint density at radius 1 is 0.568 bits per heavy atom. The van der Waals surface area contributed by atoms with Gasteiger partial charge in [0.25, 0.3) is 0 Å². The quantitative estimate of drug-likeness (QED) is 0.214. The molecule has 4 aromatic rings. The van der Waals surface area contributed by atoms with E-state index in [0.29, 0.717) is 5.92 Å². The molecule has 4 rings (SSSR count). The molecular formula is C34H39Cl2N. The predicted octanol–water partition coefficient (Wildman–Crippen LogP) is 10.0. The van der Waals surface area contributed by atoms with Crippen LogP contribution < -0.4 is 5.32 Å². The fourth-order valence-corrected chi connectivity index (χ4v) is 4.97. The highest BCUT2D eigenvalue weighted by Crippen LogP contribution is 2.34. The first-order valence-electron chi connectivity index (χ1n) is 13.4. The summed E-state index contributed by atoms with van der Waals surface area (Å²) in [6, 6.07) is 33.6. The summed E-state index contributed by atoms with van der Waals surface area (Å²) in [6.45, 7) is 8.47. The number of benzene rings is 4. The summed E-state index contributed by atoms with van der Waals surface area (Å²) in [7, 11) is 0. The zero-order valence-electron chi connectivity index (χ0n) is 22.3. The summed E-state index contributed by atoms with van der Waals surface area (Å²) in [6.07, 6.45) is 4.68. The molecule has 0 heterocycles. The number of rotatable bonds is 10. The monoisotopic (exact) mass is 531 g/mol. The van der Waals surface area contributed by atoms with Crippen molar-refractivity contribution >= 4 is 23.2 Å². The second-order valence-electron chi connectivity index (χ2n) is 9.30. The zero-order valence-corrected chi connectivity index (χ0v) is 23.8. The van der Waals surface area contributed by atoms with Crippen LogP contribution in [0.15, 0.2) is 97.1 Å². The number of nitrogens with one attached hydrogen (secondary N) is 1. The third kappa shape index (κ3) is 9.04. The van der Waals surface area contributed by atoms with Crippen molar-refractivity contribution in [2.45, 2.75) is 65.5 Å². The van der Waals surface area contributed by atoms with Gasteiger partial charge in [0, 0.05) is 29.1 Å². The maximum Gasteiger partial charge on any atom is 0.0406 e. The molecule has 3 heteroatoms. The number of hydrogen-bond acceptors (Lipinski definition) is 1. The minimum atomic E-state index is 0.548. The van der Waals surface area contributed by atoms with Crippen molar-refractivity contribution in [3.63, 3.8) is 0 Å². The zero-order chi connectivity index (χ0) is 26.5. The molecule has 4 aromatic carbocycles. The maximum atomic E-state index is 5.82. The van der Waals surface area contributed by atoms with E-state index in [1.54, 1.807) is 0 Å². The Labute approximate surface area is 233 Å². The Kier molecular flexibility index (Phi) is 12.2. The van der Waals surface area contributed by atoms with Crippen molar-refractivity contribution in [3.8, 4) is 0 Å². The number of hydrogen-bond donors (Lipinski definition) is 1. The predicted molar refractivity (Wildman–Crippen MR) is 162 cm³/mol. The van der Waals surface area contributed by atoms with Crippen LogP contribution in [-0.2, 0) is 25.9 Å². The molecule has 1 N–H and O–H groups in total. The summed E-state index contributed by atoms with van der Waals surface area (Å²) in [5.41, 5.74) is 8.50. The normalized spacial score (nSPS) is 10.8. The Balaban J connectivity index is 0.000000208. The van der Waals surface area contributed by atoms with Gasteiger partial charge in [-0.1, -0.05) is 123 Å². The first kappa shape index (κ1) is 29.0. The molecule has 0 spiro atoms. The minimum Gasteiger partial charge on any atom is -0.309 e. The van der Waals surface area contributed by atoms with Gasteiger partial charge in [0.2, 0.25) is 0 Å². The molecule has 0 aromatic heterocycles. The fraction of sp³-hybridized carbons (Fsp3) is 0.294. The van der Waals surface area contributed by atoms with Crippen molar-refractivity contribution in [2.24, 2.45) is 0 Å². The molecule has 194 valence electrons. The summed E-state index contributed by atoms with van der Waals surface area (Å²) < 4.78 is 0. The van der Waals surface area contributed by atoms with Gasteiger partial charge in [-0.15, -0.1) is 0 Å². The van der Waals surface area contributed by atoms with Crippen LogP contribution in [0.25, 0.3) is 0 Å². The summed E-state index contributed by atoms with van der Waals surface area (Å²) >= 11 is 11.6. The highest BCUT2D eigenvalue weighted by atomic mass is 35.5. The van der Waals surface area contributed by atoms with E-state index in [2.05, 4.69) is 74.6 Å². The van der Waals surface area contributed by atoms with E-state index in [4.69, 9.17) is 23.2 Å². The molecule has 0 radical (unpaired) electrons. The highest BCUT2D eigenvalue weighted by molar-refractivity contribution is 6.30. The maximum absolute atomic E-state index is 5.82. The molecule has 0 atom stereocenters. The van der Waals surface area contributed by atoms with Crippen LogP contribution >= 0.6 is 23.2 Å². The second kappa shape index (κ2) is 15.6. The molecular weight excluding hydrogens is 493 g/mol. The van der Waals surface area contributed by atoms with Crippen LogP contribution in [0.2, 0.25) is 10.0 Å². The molecule has 0 amide bonds. The molecule has 37 heavy (non-hydrogen) atoms. The van der Waals surface area contributed by atoms with Crippen LogP contribution in [-0.4, -0.2) is 0 Å².